The van der Waals surface area contributed by atoms with Gasteiger partial charge in [0.05, 0.1) is 0 Å². The van der Waals surface area contributed by atoms with Crippen LogP contribution in [0, 0.1) is 5.92 Å². The fraction of sp³-hybridized carbons (Fsp3) is 0.769. The molecule has 1 rings (SSSR count). The van der Waals surface area contributed by atoms with Gasteiger partial charge in [0.15, 0.2) is 11.8 Å². The van der Waals surface area contributed by atoms with Crippen LogP contribution in [-0.4, -0.2) is 33.8 Å². The summed E-state index contributed by atoms with van der Waals surface area (Å²) in [4.78, 5) is 4.50. The third-order valence-corrected chi connectivity index (χ3v) is 2.78. The number of aliphatic imine (C=N–C) groups is 1. The molecule has 0 bridgehead atoms. The van der Waals surface area contributed by atoms with Gasteiger partial charge in [-0.2, -0.15) is 0 Å². The van der Waals surface area contributed by atoms with Crippen molar-refractivity contribution in [1.82, 2.24) is 25.4 Å². The van der Waals surface area contributed by atoms with Crippen molar-refractivity contribution < 1.29 is 0 Å². The van der Waals surface area contributed by atoms with Gasteiger partial charge in [0, 0.05) is 20.1 Å². The van der Waals surface area contributed by atoms with Gasteiger partial charge in [0.25, 0.3) is 0 Å². The Morgan fingerprint density at radius 2 is 2.21 bits per heavy atom. The predicted octanol–water partition coefficient (Wildman–Crippen LogP) is 1.31. The standard InChI is InChI=1S/C13H26N6/c1-5-14-13(15-8-6-7-11(2)3)16-9-12-18-17-10-19(12)4/h10-11H,5-9H2,1-4H3,(H2,14,15,16). The van der Waals surface area contributed by atoms with E-state index in [-0.39, 0.29) is 0 Å². The van der Waals surface area contributed by atoms with E-state index < -0.39 is 0 Å². The van der Waals surface area contributed by atoms with Crippen molar-refractivity contribution in [2.75, 3.05) is 13.1 Å². The molecule has 19 heavy (non-hydrogen) atoms. The molecule has 1 aromatic heterocycles. The van der Waals surface area contributed by atoms with Crippen molar-refractivity contribution in [3.8, 4) is 0 Å². The number of nitrogens with zero attached hydrogens (tertiary/aromatic N) is 4. The van der Waals surface area contributed by atoms with Crippen LogP contribution in [0.4, 0.5) is 0 Å². The molecule has 0 spiro atoms. The number of hydrogen-bond donors (Lipinski definition) is 2. The summed E-state index contributed by atoms with van der Waals surface area (Å²) >= 11 is 0. The number of guanidine groups is 1. The molecule has 0 saturated heterocycles. The van der Waals surface area contributed by atoms with Crippen molar-refractivity contribution >= 4 is 5.96 Å². The Hall–Kier alpha value is -1.59. The molecule has 0 radical (unpaired) electrons. The maximum Gasteiger partial charge on any atom is 0.191 e. The molecule has 108 valence electrons. The molecule has 0 aromatic carbocycles. The van der Waals surface area contributed by atoms with Gasteiger partial charge in [0.2, 0.25) is 0 Å². The first-order valence-corrected chi connectivity index (χ1v) is 6.98. The smallest absolute Gasteiger partial charge is 0.191 e. The second-order valence-electron chi connectivity index (χ2n) is 5.02. The first-order valence-electron chi connectivity index (χ1n) is 6.98. The van der Waals surface area contributed by atoms with Crippen molar-refractivity contribution in [3.63, 3.8) is 0 Å². The zero-order valence-electron chi connectivity index (χ0n) is 12.5. The van der Waals surface area contributed by atoms with Crippen molar-refractivity contribution in [2.24, 2.45) is 18.0 Å². The Labute approximate surface area is 115 Å². The van der Waals surface area contributed by atoms with Crippen LogP contribution < -0.4 is 10.6 Å². The summed E-state index contributed by atoms with van der Waals surface area (Å²) in [6.45, 7) is 8.89. The van der Waals surface area contributed by atoms with Crippen LogP contribution in [0.15, 0.2) is 11.3 Å². The maximum absolute atomic E-state index is 4.50. The zero-order chi connectivity index (χ0) is 14.1. The van der Waals surface area contributed by atoms with Gasteiger partial charge in [0.1, 0.15) is 12.9 Å². The fourth-order valence-corrected chi connectivity index (χ4v) is 1.66. The monoisotopic (exact) mass is 266 g/mol. The molecule has 0 aliphatic rings. The zero-order valence-corrected chi connectivity index (χ0v) is 12.5. The van der Waals surface area contributed by atoms with E-state index in [9.17, 15) is 0 Å². The summed E-state index contributed by atoms with van der Waals surface area (Å²) in [5.74, 6) is 2.45. The minimum atomic E-state index is 0.538. The molecule has 0 unspecified atom stereocenters. The summed E-state index contributed by atoms with van der Waals surface area (Å²) in [5, 5.41) is 14.4. The van der Waals surface area contributed by atoms with Crippen molar-refractivity contribution in [1.29, 1.82) is 0 Å². The fourth-order valence-electron chi connectivity index (χ4n) is 1.66. The molecule has 0 atom stereocenters. The van der Waals surface area contributed by atoms with Gasteiger partial charge >= 0.3 is 0 Å². The Balaban J connectivity index is 2.40. The summed E-state index contributed by atoms with van der Waals surface area (Å²) in [7, 11) is 1.92. The molecule has 1 heterocycles. The molecule has 6 nitrogen and oxygen atoms in total. The third-order valence-electron chi connectivity index (χ3n) is 2.78. The largest absolute Gasteiger partial charge is 0.357 e. The summed E-state index contributed by atoms with van der Waals surface area (Å²) in [5.41, 5.74) is 0. The van der Waals surface area contributed by atoms with Crippen LogP contribution in [0.25, 0.3) is 0 Å². The molecule has 0 fully saturated rings. The number of aryl methyl sites for hydroxylation is 1. The second-order valence-corrected chi connectivity index (χ2v) is 5.02. The van der Waals surface area contributed by atoms with Gasteiger partial charge in [-0.3, -0.25) is 0 Å². The molecule has 0 aliphatic carbocycles. The van der Waals surface area contributed by atoms with Crippen LogP contribution in [-0.2, 0) is 13.6 Å². The van der Waals surface area contributed by atoms with E-state index in [0.717, 1.165) is 37.2 Å². The van der Waals surface area contributed by atoms with Crippen molar-refractivity contribution in [2.45, 2.75) is 40.2 Å². The van der Waals surface area contributed by atoms with Crippen LogP contribution >= 0.6 is 0 Å². The minimum absolute atomic E-state index is 0.538. The first-order chi connectivity index (χ1) is 9.13. The van der Waals surface area contributed by atoms with Gasteiger partial charge in [-0.05, 0) is 25.7 Å². The van der Waals surface area contributed by atoms with E-state index in [1.165, 1.54) is 6.42 Å². The minimum Gasteiger partial charge on any atom is -0.357 e. The van der Waals surface area contributed by atoms with E-state index in [4.69, 9.17) is 0 Å². The second kappa shape index (κ2) is 8.50. The highest BCUT2D eigenvalue weighted by Crippen LogP contribution is 2.01. The average molecular weight is 266 g/mol. The lowest BCUT2D eigenvalue weighted by atomic mass is 10.1. The highest BCUT2D eigenvalue weighted by atomic mass is 15.3. The predicted molar refractivity (Wildman–Crippen MR) is 77.9 cm³/mol. The lowest BCUT2D eigenvalue weighted by Gasteiger charge is -2.11. The third kappa shape index (κ3) is 6.22. The van der Waals surface area contributed by atoms with Gasteiger partial charge in [-0.25, -0.2) is 4.99 Å². The quantitative estimate of drug-likeness (QED) is 0.443. The highest BCUT2D eigenvalue weighted by molar-refractivity contribution is 5.79. The van der Waals surface area contributed by atoms with E-state index >= 15 is 0 Å². The summed E-state index contributed by atoms with van der Waals surface area (Å²) in [6.07, 6.45) is 4.08. The Morgan fingerprint density at radius 1 is 1.42 bits per heavy atom. The molecular formula is C13H26N6. The van der Waals surface area contributed by atoms with E-state index in [1.807, 2.05) is 11.6 Å². The molecular weight excluding hydrogens is 240 g/mol. The molecule has 0 saturated carbocycles. The van der Waals surface area contributed by atoms with E-state index in [1.54, 1.807) is 6.33 Å². The number of aromatic nitrogens is 3. The molecule has 2 N–H and O–H groups in total. The summed E-state index contributed by atoms with van der Waals surface area (Å²) < 4.78 is 1.88. The normalized spacial score (nSPS) is 11.9. The Kier molecular flexibility index (Phi) is 6.92. The van der Waals surface area contributed by atoms with Gasteiger partial charge in [-0.1, -0.05) is 13.8 Å². The molecule has 1 aromatic rings. The van der Waals surface area contributed by atoms with Crippen LogP contribution in [0.5, 0.6) is 0 Å². The lowest BCUT2D eigenvalue weighted by molar-refractivity contribution is 0.549. The van der Waals surface area contributed by atoms with E-state index in [0.29, 0.717) is 6.54 Å². The van der Waals surface area contributed by atoms with Gasteiger partial charge in [-0.15, -0.1) is 10.2 Å². The van der Waals surface area contributed by atoms with Crippen LogP contribution in [0.3, 0.4) is 0 Å². The Morgan fingerprint density at radius 3 is 2.79 bits per heavy atom. The average Bonchev–Trinajstić information content (AvgIpc) is 2.77. The van der Waals surface area contributed by atoms with Crippen LogP contribution in [0.1, 0.15) is 39.4 Å². The number of hydrogen-bond acceptors (Lipinski definition) is 3. The highest BCUT2D eigenvalue weighted by Gasteiger charge is 2.01. The SMILES string of the molecule is CCNC(=NCc1nncn1C)NCCCC(C)C. The van der Waals surface area contributed by atoms with Crippen LogP contribution in [0.2, 0.25) is 0 Å². The Bertz CT molecular complexity index is 382. The van der Waals surface area contributed by atoms with E-state index in [2.05, 4.69) is 46.6 Å². The molecule has 6 heteroatoms. The maximum atomic E-state index is 4.50. The van der Waals surface area contributed by atoms with Gasteiger partial charge < -0.3 is 15.2 Å². The molecule has 0 amide bonds. The topological polar surface area (TPSA) is 67.1 Å². The van der Waals surface area contributed by atoms with Crippen molar-refractivity contribution in [3.05, 3.63) is 12.2 Å². The molecule has 0 aliphatic heterocycles. The number of nitrogens with one attached hydrogen (secondary N) is 2. The number of rotatable bonds is 7. The lowest BCUT2D eigenvalue weighted by Crippen LogP contribution is -2.37. The summed E-state index contributed by atoms with van der Waals surface area (Å²) in [6, 6.07) is 0. The first kappa shape index (κ1) is 15.5.